The molecule has 1 fully saturated rings. The Kier molecular flexibility index (Phi) is 4.90. The zero-order valence-electron chi connectivity index (χ0n) is 10.2. The third-order valence-electron chi connectivity index (χ3n) is 3.42. The lowest BCUT2D eigenvalue weighted by atomic mass is 10.1. The summed E-state index contributed by atoms with van der Waals surface area (Å²) in [5.74, 6) is 0.897. The maximum absolute atomic E-state index is 3.55. The minimum absolute atomic E-state index is 0.672. The van der Waals surface area contributed by atoms with Gasteiger partial charge in [0.15, 0.2) is 0 Å². The predicted molar refractivity (Wildman–Crippen MR) is 62.6 cm³/mol. The van der Waals surface area contributed by atoms with Gasteiger partial charge in [0, 0.05) is 31.7 Å². The average molecular weight is 198 g/mol. The van der Waals surface area contributed by atoms with Crippen LogP contribution in [-0.4, -0.2) is 36.6 Å². The highest BCUT2D eigenvalue weighted by Gasteiger charge is 2.25. The van der Waals surface area contributed by atoms with Gasteiger partial charge in [-0.2, -0.15) is 0 Å². The normalized spacial score (nSPS) is 30.9. The van der Waals surface area contributed by atoms with Gasteiger partial charge in [-0.1, -0.05) is 13.8 Å². The monoisotopic (exact) mass is 198 g/mol. The van der Waals surface area contributed by atoms with Crippen molar-refractivity contribution in [3.05, 3.63) is 0 Å². The molecule has 0 bridgehead atoms. The second-order valence-corrected chi connectivity index (χ2v) is 4.95. The van der Waals surface area contributed by atoms with E-state index in [-0.39, 0.29) is 0 Å². The van der Waals surface area contributed by atoms with E-state index in [0.29, 0.717) is 6.04 Å². The van der Waals surface area contributed by atoms with Crippen molar-refractivity contribution in [1.29, 1.82) is 0 Å². The molecule has 1 rings (SSSR count). The first-order chi connectivity index (χ1) is 6.63. The second-order valence-electron chi connectivity index (χ2n) is 4.95. The summed E-state index contributed by atoms with van der Waals surface area (Å²) < 4.78 is 0. The lowest BCUT2D eigenvalue weighted by Gasteiger charge is -2.22. The van der Waals surface area contributed by atoms with Crippen LogP contribution >= 0.6 is 0 Å². The van der Waals surface area contributed by atoms with Crippen molar-refractivity contribution in [1.82, 2.24) is 10.2 Å². The van der Waals surface area contributed by atoms with Crippen molar-refractivity contribution >= 4 is 0 Å². The van der Waals surface area contributed by atoms with E-state index in [9.17, 15) is 0 Å². The Hall–Kier alpha value is -0.0800. The summed E-state index contributed by atoms with van der Waals surface area (Å²) >= 11 is 0. The average Bonchev–Trinajstić information content (AvgIpc) is 2.45. The SMILES string of the molecule is CCC(C)NCCN1CC(C)CC1C. The van der Waals surface area contributed by atoms with Crippen molar-refractivity contribution < 1.29 is 0 Å². The number of likely N-dealkylation sites (tertiary alicyclic amines) is 1. The Bertz CT molecular complexity index is 158. The van der Waals surface area contributed by atoms with Crippen LogP contribution < -0.4 is 5.32 Å². The first kappa shape index (κ1) is 12.0. The van der Waals surface area contributed by atoms with E-state index < -0.39 is 0 Å². The van der Waals surface area contributed by atoms with Gasteiger partial charge in [-0.05, 0) is 32.6 Å². The molecule has 0 radical (unpaired) electrons. The molecule has 84 valence electrons. The van der Waals surface area contributed by atoms with Crippen molar-refractivity contribution in [3.8, 4) is 0 Å². The van der Waals surface area contributed by atoms with E-state index in [0.717, 1.165) is 18.5 Å². The van der Waals surface area contributed by atoms with Gasteiger partial charge < -0.3 is 5.32 Å². The lowest BCUT2D eigenvalue weighted by Crippen LogP contribution is -2.37. The Morgan fingerprint density at radius 3 is 2.64 bits per heavy atom. The van der Waals surface area contributed by atoms with E-state index in [1.807, 2.05) is 0 Å². The number of hydrogen-bond acceptors (Lipinski definition) is 2. The van der Waals surface area contributed by atoms with Crippen molar-refractivity contribution in [3.63, 3.8) is 0 Å². The standard InChI is InChI=1S/C12H26N2/c1-5-11(3)13-6-7-14-9-10(2)8-12(14)4/h10-13H,5-9H2,1-4H3. The second kappa shape index (κ2) is 5.72. The third kappa shape index (κ3) is 3.58. The van der Waals surface area contributed by atoms with Gasteiger partial charge in [-0.25, -0.2) is 0 Å². The molecule has 3 unspecified atom stereocenters. The summed E-state index contributed by atoms with van der Waals surface area (Å²) in [6.45, 7) is 12.9. The maximum Gasteiger partial charge on any atom is 0.0110 e. The van der Waals surface area contributed by atoms with E-state index in [2.05, 4.69) is 37.9 Å². The molecule has 1 saturated heterocycles. The molecule has 2 heteroatoms. The molecule has 3 atom stereocenters. The van der Waals surface area contributed by atoms with Crippen LogP contribution in [0, 0.1) is 5.92 Å². The summed E-state index contributed by atoms with van der Waals surface area (Å²) in [4.78, 5) is 2.61. The summed E-state index contributed by atoms with van der Waals surface area (Å²) in [6.07, 6.45) is 2.61. The number of rotatable bonds is 5. The highest BCUT2D eigenvalue weighted by atomic mass is 15.2. The van der Waals surface area contributed by atoms with Crippen molar-refractivity contribution in [2.75, 3.05) is 19.6 Å². The molecule has 2 nitrogen and oxygen atoms in total. The van der Waals surface area contributed by atoms with Gasteiger partial charge in [0.1, 0.15) is 0 Å². The largest absolute Gasteiger partial charge is 0.313 e. The van der Waals surface area contributed by atoms with Crippen LogP contribution in [-0.2, 0) is 0 Å². The number of hydrogen-bond donors (Lipinski definition) is 1. The Balaban J connectivity index is 2.12. The van der Waals surface area contributed by atoms with E-state index in [1.54, 1.807) is 0 Å². The van der Waals surface area contributed by atoms with Crippen LogP contribution in [0.5, 0.6) is 0 Å². The molecule has 0 aromatic heterocycles. The van der Waals surface area contributed by atoms with E-state index in [4.69, 9.17) is 0 Å². The molecule has 14 heavy (non-hydrogen) atoms. The summed E-state index contributed by atoms with van der Waals surface area (Å²) in [6, 6.07) is 1.47. The number of nitrogens with one attached hydrogen (secondary N) is 1. The van der Waals surface area contributed by atoms with Gasteiger partial charge in [-0.15, -0.1) is 0 Å². The summed E-state index contributed by atoms with van der Waals surface area (Å²) in [7, 11) is 0. The lowest BCUT2D eigenvalue weighted by molar-refractivity contribution is 0.261. The first-order valence-corrected chi connectivity index (χ1v) is 6.11. The van der Waals surface area contributed by atoms with Gasteiger partial charge in [-0.3, -0.25) is 4.90 Å². The van der Waals surface area contributed by atoms with Gasteiger partial charge >= 0.3 is 0 Å². The fourth-order valence-electron chi connectivity index (χ4n) is 2.30. The van der Waals surface area contributed by atoms with Crippen molar-refractivity contribution in [2.45, 2.75) is 52.6 Å². The zero-order chi connectivity index (χ0) is 10.6. The van der Waals surface area contributed by atoms with Gasteiger partial charge in [0.05, 0.1) is 0 Å². The quantitative estimate of drug-likeness (QED) is 0.728. The molecule has 1 N–H and O–H groups in total. The molecule has 1 heterocycles. The van der Waals surface area contributed by atoms with E-state index >= 15 is 0 Å². The fraction of sp³-hybridized carbons (Fsp3) is 1.00. The minimum Gasteiger partial charge on any atom is -0.313 e. The fourth-order valence-corrected chi connectivity index (χ4v) is 2.30. The van der Waals surface area contributed by atoms with Gasteiger partial charge in [0.25, 0.3) is 0 Å². The minimum atomic E-state index is 0.672. The molecule has 0 saturated carbocycles. The smallest absolute Gasteiger partial charge is 0.0110 e. The van der Waals surface area contributed by atoms with Gasteiger partial charge in [0.2, 0.25) is 0 Å². The Morgan fingerprint density at radius 1 is 1.43 bits per heavy atom. The Labute approximate surface area is 89.1 Å². The molecule has 0 aliphatic carbocycles. The van der Waals surface area contributed by atoms with Crippen LogP contribution in [0.4, 0.5) is 0 Å². The molecule has 0 spiro atoms. The third-order valence-corrected chi connectivity index (χ3v) is 3.42. The molecule has 1 aliphatic rings. The highest BCUT2D eigenvalue weighted by molar-refractivity contribution is 4.80. The zero-order valence-corrected chi connectivity index (χ0v) is 10.2. The van der Waals surface area contributed by atoms with Crippen LogP contribution in [0.2, 0.25) is 0 Å². The molecule has 0 aromatic carbocycles. The molecule has 1 aliphatic heterocycles. The summed E-state index contributed by atoms with van der Waals surface area (Å²) in [5.41, 5.74) is 0. The molecule has 0 aromatic rings. The van der Waals surface area contributed by atoms with Crippen LogP contribution in [0.3, 0.4) is 0 Å². The maximum atomic E-state index is 3.55. The first-order valence-electron chi connectivity index (χ1n) is 6.11. The van der Waals surface area contributed by atoms with Crippen molar-refractivity contribution in [2.24, 2.45) is 5.92 Å². The van der Waals surface area contributed by atoms with E-state index in [1.165, 1.54) is 25.9 Å². The molecule has 0 amide bonds. The summed E-state index contributed by atoms with van der Waals surface area (Å²) in [5, 5.41) is 3.55. The molecular formula is C12H26N2. The topological polar surface area (TPSA) is 15.3 Å². The highest BCUT2D eigenvalue weighted by Crippen LogP contribution is 2.21. The van der Waals surface area contributed by atoms with Crippen LogP contribution in [0.15, 0.2) is 0 Å². The predicted octanol–water partition coefficient (Wildman–Crippen LogP) is 2.10. The van der Waals surface area contributed by atoms with Crippen LogP contribution in [0.1, 0.15) is 40.5 Å². The van der Waals surface area contributed by atoms with Crippen LogP contribution in [0.25, 0.3) is 0 Å². The Morgan fingerprint density at radius 2 is 2.14 bits per heavy atom. The number of nitrogens with zero attached hydrogens (tertiary/aromatic N) is 1. The molecular weight excluding hydrogens is 172 g/mol.